The number of rotatable bonds is 6. The number of carboxylic acids is 1. The lowest BCUT2D eigenvalue weighted by Gasteiger charge is -2.22. The number of aromatic carboxylic acids is 1. The third-order valence-electron chi connectivity index (χ3n) is 4.12. The van der Waals surface area contributed by atoms with Crippen molar-refractivity contribution >= 4 is 21.7 Å². The second-order valence-corrected chi connectivity index (χ2v) is 7.69. The molecule has 0 saturated carbocycles. The first-order valence-electron chi connectivity index (χ1n) is 7.69. The minimum atomic E-state index is -3.97. The van der Waals surface area contributed by atoms with Gasteiger partial charge < -0.3 is 14.6 Å². The van der Waals surface area contributed by atoms with Gasteiger partial charge in [-0.05, 0) is 43.2 Å². The second kappa shape index (κ2) is 7.25. The maximum absolute atomic E-state index is 13.1. The van der Waals surface area contributed by atoms with Crippen LogP contribution in [0.4, 0.5) is 5.69 Å². The van der Waals surface area contributed by atoms with Crippen LogP contribution in [0.3, 0.4) is 0 Å². The molecule has 0 aliphatic carbocycles. The van der Waals surface area contributed by atoms with Crippen molar-refractivity contribution < 1.29 is 27.8 Å². The van der Waals surface area contributed by atoms with Crippen molar-refractivity contribution in [2.24, 2.45) is 0 Å². The average Bonchev–Trinajstić information content (AvgIpc) is 2.59. The Morgan fingerprint density at radius 1 is 1.00 bits per heavy atom. The van der Waals surface area contributed by atoms with Crippen molar-refractivity contribution in [1.29, 1.82) is 0 Å². The highest BCUT2D eigenvalue weighted by atomic mass is 32.2. The molecule has 7 nitrogen and oxygen atoms in total. The van der Waals surface area contributed by atoms with E-state index in [0.717, 1.165) is 4.31 Å². The fourth-order valence-electron chi connectivity index (χ4n) is 2.65. The summed E-state index contributed by atoms with van der Waals surface area (Å²) in [6.07, 6.45) is 0. The Morgan fingerprint density at radius 3 is 2.15 bits per heavy atom. The summed E-state index contributed by atoms with van der Waals surface area (Å²) in [5.74, 6) is -0.312. The summed E-state index contributed by atoms with van der Waals surface area (Å²) in [5, 5.41) is 9.29. The predicted molar refractivity (Wildman–Crippen MR) is 98.0 cm³/mol. The molecule has 1 N–H and O–H groups in total. The molecule has 0 atom stereocenters. The summed E-state index contributed by atoms with van der Waals surface area (Å²) in [5.41, 5.74) is 1.29. The van der Waals surface area contributed by atoms with Gasteiger partial charge in [0.05, 0.1) is 30.4 Å². The number of ether oxygens (including phenoxy) is 2. The Balaban J connectivity index is 2.57. The molecule has 0 heterocycles. The minimum absolute atomic E-state index is 0.0464. The van der Waals surface area contributed by atoms with Gasteiger partial charge in [0, 0.05) is 13.1 Å². The van der Waals surface area contributed by atoms with Crippen molar-refractivity contribution in [2.45, 2.75) is 18.7 Å². The molecule has 140 valence electrons. The van der Waals surface area contributed by atoms with Gasteiger partial charge in [-0.2, -0.15) is 0 Å². The molecular weight excluding hydrogens is 358 g/mol. The van der Waals surface area contributed by atoms with Gasteiger partial charge >= 0.3 is 5.97 Å². The van der Waals surface area contributed by atoms with Crippen molar-refractivity contribution in [3.63, 3.8) is 0 Å². The van der Waals surface area contributed by atoms with Crippen LogP contribution in [0.5, 0.6) is 11.5 Å². The van der Waals surface area contributed by atoms with E-state index in [2.05, 4.69) is 0 Å². The van der Waals surface area contributed by atoms with Crippen LogP contribution in [0, 0.1) is 13.8 Å². The van der Waals surface area contributed by atoms with Gasteiger partial charge in [0.15, 0.2) is 11.5 Å². The average molecular weight is 379 g/mol. The zero-order valence-corrected chi connectivity index (χ0v) is 16.0. The van der Waals surface area contributed by atoms with Gasteiger partial charge in [-0.25, -0.2) is 13.2 Å². The third-order valence-corrected chi connectivity index (χ3v) is 6.05. The fraction of sp³-hybridized carbons (Fsp3) is 0.278. The predicted octanol–water partition coefficient (Wildman–Crippen LogP) is 2.84. The summed E-state index contributed by atoms with van der Waals surface area (Å²) in [6, 6.07) is 7.47. The summed E-state index contributed by atoms with van der Waals surface area (Å²) in [4.78, 5) is 11.3. The van der Waals surface area contributed by atoms with Crippen molar-refractivity contribution in [1.82, 2.24) is 0 Å². The number of hydrogen-bond acceptors (Lipinski definition) is 5. The first-order chi connectivity index (χ1) is 12.1. The number of carboxylic acid groups (broad SMARTS) is 1. The maximum atomic E-state index is 13.1. The molecule has 2 aromatic rings. The van der Waals surface area contributed by atoms with E-state index in [1.165, 1.54) is 33.4 Å². The van der Waals surface area contributed by atoms with Gasteiger partial charge in [-0.3, -0.25) is 4.31 Å². The molecule has 0 fully saturated rings. The molecule has 2 rings (SSSR count). The molecular formula is C18H21NO6S. The molecule has 0 radical (unpaired) electrons. The SMILES string of the molecule is COc1ccc(N(C)S(=O)(=O)c2cc(C(=O)O)c(C)cc2C)cc1OC. The molecule has 26 heavy (non-hydrogen) atoms. The highest BCUT2D eigenvalue weighted by Gasteiger charge is 2.26. The summed E-state index contributed by atoms with van der Waals surface area (Å²) in [7, 11) is 0.378. The standard InChI is InChI=1S/C18H21NO6S/c1-11-8-12(2)17(10-14(11)18(20)21)26(22,23)19(3)13-6-7-15(24-4)16(9-13)25-5/h6-10H,1-5H3,(H,20,21). The zero-order valence-electron chi connectivity index (χ0n) is 15.2. The lowest BCUT2D eigenvalue weighted by molar-refractivity contribution is 0.0696. The van der Waals surface area contributed by atoms with E-state index in [1.54, 1.807) is 32.0 Å². The van der Waals surface area contributed by atoms with Gasteiger partial charge in [0.25, 0.3) is 10.0 Å². The summed E-state index contributed by atoms with van der Waals surface area (Å²) in [6.45, 7) is 3.26. The molecule has 2 aromatic carbocycles. The highest BCUT2D eigenvalue weighted by Crippen LogP contribution is 2.33. The highest BCUT2D eigenvalue weighted by molar-refractivity contribution is 7.92. The Labute approximate surface area is 152 Å². The van der Waals surface area contributed by atoms with Crippen LogP contribution in [0.25, 0.3) is 0 Å². The molecule has 0 aliphatic heterocycles. The minimum Gasteiger partial charge on any atom is -0.493 e. The first kappa shape index (κ1) is 19.6. The van der Waals surface area contributed by atoms with Crippen LogP contribution < -0.4 is 13.8 Å². The fourth-order valence-corrected chi connectivity index (χ4v) is 4.07. The maximum Gasteiger partial charge on any atom is 0.335 e. The molecule has 8 heteroatoms. The van der Waals surface area contributed by atoms with E-state index in [0.29, 0.717) is 28.3 Å². The van der Waals surface area contributed by atoms with Gasteiger partial charge in [0.1, 0.15) is 0 Å². The number of methoxy groups -OCH3 is 2. The largest absolute Gasteiger partial charge is 0.493 e. The number of anilines is 1. The summed E-state index contributed by atoms with van der Waals surface area (Å²) >= 11 is 0. The first-order valence-corrected chi connectivity index (χ1v) is 9.13. The van der Waals surface area contributed by atoms with Gasteiger partial charge in [-0.1, -0.05) is 6.07 Å². The lowest BCUT2D eigenvalue weighted by atomic mass is 10.1. The van der Waals surface area contributed by atoms with Crippen molar-refractivity contribution in [2.75, 3.05) is 25.6 Å². The van der Waals surface area contributed by atoms with Crippen LogP contribution >= 0.6 is 0 Å². The van der Waals surface area contributed by atoms with E-state index >= 15 is 0 Å². The molecule has 0 aromatic heterocycles. The molecule has 0 unspecified atom stereocenters. The quantitative estimate of drug-likeness (QED) is 0.830. The Bertz CT molecular complexity index is 952. The van der Waals surface area contributed by atoms with E-state index in [4.69, 9.17) is 9.47 Å². The monoisotopic (exact) mass is 379 g/mol. The molecule has 0 saturated heterocycles. The number of aryl methyl sites for hydroxylation is 2. The van der Waals surface area contributed by atoms with E-state index in [-0.39, 0.29) is 10.5 Å². The normalized spacial score (nSPS) is 11.1. The van der Waals surface area contributed by atoms with Crippen LogP contribution in [0.2, 0.25) is 0 Å². The zero-order chi connectivity index (χ0) is 19.6. The van der Waals surface area contributed by atoms with Crippen LogP contribution in [0.15, 0.2) is 35.2 Å². The van der Waals surface area contributed by atoms with E-state index < -0.39 is 16.0 Å². The third kappa shape index (κ3) is 3.45. The summed E-state index contributed by atoms with van der Waals surface area (Å²) < 4.78 is 37.6. The number of nitrogens with zero attached hydrogens (tertiary/aromatic N) is 1. The number of sulfonamides is 1. The molecule has 0 amide bonds. The van der Waals surface area contributed by atoms with Crippen LogP contribution in [0.1, 0.15) is 21.5 Å². The van der Waals surface area contributed by atoms with Crippen LogP contribution in [-0.4, -0.2) is 40.8 Å². The van der Waals surface area contributed by atoms with E-state index in [1.807, 2.05) is 0 Å². The Hall–Kier alpha value is -2.74. The van der Waals surface area contributed by atoms with Gasteiger partial charge in [-0.15, -0.1) is 0 Å². The topological polar surface area (TPSA) is 93.1 Å². The number of benzene rings is 2. The second-order valence-electron chi connectivity index (χ2n) is 5.75. The molecule has 0 bridgehead atoms. The van der Waals surface area contributed by atoms with Gasteiger partial charge in [0.2, 0.25) is 0 Å². The van der Waals surface area contributed by atoms with Crippen molar-refractivity contribution in [3.8, 4) is 11.5 Å². The smallest absolute Gasteiger partial charge is 0.335 e. The van der Waals surface area contributed by atoms with Crippen molar-refractivity contribution in [3.05, 3.63) is 47.0 Å². The van der Waals surface area contributed by atoms with E-state index in [9.17, 15) is 18.3 Å². The Kier molecular flexibility index (Phi) is 5.46. The number of hydrogen-bond donors (Lipinski definition) is 1. The van der Waals surface area contributed by atoms with Crippen LogP contribution in [-0.2, 0) is 10.0 Å². The molecule has 0 spiro atoms. The Morgan fingerprint density at radius 2 is 1.62 bits per heavy atom. The number of carbonyl (C=O) groups is 1. The molecule has 0 aliphatic rings. The lowest BCUT2D eigenvalue weighted by Crippen LogP contribution is -2.27.